The Kier molecular flexibility index (Phi) is 8.64. The molecule has 0 nitrogen and oxygen atoms in total. The molecule has 0 aromatic carbocycles. The van der Waals surface area contributed by atoms with Gasteiger partial charge in [0.1, 0.15) is 0 Å². The van der Waals surface area contributed by atoms with Crippen LogP contribution < -0.4 is 0 Å². The van der Waals surface area contributed by atoms with Crippen molar-refractivity contribution in [3.8, 4) is 0 Å². The number of hydrogen-bond acceptors (Lipinski definition) is 0. The fraction of sp³-hybridized carbons (Fsp3) is 0.833. The molecular weight excluding hydrogens is 144 g/mol. The molecule has 0 radical (unpaired) electrons. The van der Waals surface area contributed by atoms with E-state index in [2.05, 4.69) is 32.9 Å². The number of hydrogen-bond donors (Lipinski definition) is 0. The normalized spacial score (nSPS) is 11.7. The molecule has 0 amide bonds. The summed E-state index contributed by atoms with van der Waals surface area (Å²) >= 11 is 0. The molecule has 0 fully saturated rings. The Morgan fingerprint density at radius 1 is 1.00 bits per heavy atom. The molecule has 0 aromatic heterocycles. The van der Waals surface area contributed by atoms with Crippen LogP contribution in [0.3, 0.4) is 0 Å². The van der Waals surface area contributed by atoms with Crippen LogP contribution in [-0.4, -0.2) is 0 Å². The smallest absolute Gasteiger partial charge is 0.0348 e. The highest BCUT2D eigenvalue weighted by atomic mass is 13.9. The lowest BCUT2D eigenvalue weighted by Crippen LogP contribution is -1.83. The molecule has 0 aliphatic rings. The molecule has 0 unspecified atom stereocenters. The van der Waals surface area contributed by atoms with Gasteiger partial charge in [-0.2, -0.15) is 0 Å². The Hall–Kier alpha value is -0.260. The van der Waals surface area contributed by atoms with Crippen LogP contribution in [0.1, 0.15) is 59.3 Å². The summed E-state index contributed by atoms with van der Waals surface area (Å²) in [6.45, 7) is 6.82. The Labute approximate surface area is 78.1 Å². The van der Waals surface area contributed by atoms with Crippen molar-refractivity contribution in [1.82, 2.24) is 0 Å². The molecule has 0 saturated heterocycles. The molecule has 0 aliphatic heterocycles. The van der Waals surface area contributed by atoms with Crippen LogP contribution >= 0.6 is 0 Å². The molecule has 0 atom stereocenters. The number of unbranched alkanes of at least 4 members (excludes halogenated alkanes) is 3. The Bertz CT molecular complexity index is 101. The predicted molar refractivity (Wildman–Crippen MR) is 57.4 cm³/mol. The quantitative estimate of drug-likeness (QED) is 0.386. The largest absolute Gasteiger partial charge is 0.0885 e. The van der Waals surface area contributed by atoms with Crippen molar-refractivity contribution in [3.05, 3.63) is 12.2 Å². The highest BCUT2D eigenvalue weighted by molar-refractivity contribution is 4.81. The Morgan fingerprint density at radius 3 is 2.25 bits per heavy atom. The maximum absolute atomic E-state index is 2.35. The molecule has 0 saturated carbocycles. The van der Waals surface area contributed by atoms with Gasteiger partial charge in [0.05, 0.1) is 0 Å². The molecule has 0 bridgehead atoms. The van der Waals surface area contributed by atoms with Crippen molar-refractivity contribution >= 4 is 0 Å². The third kappa shape index (κ3) is 9.74. The van der Waals surface area contributed by atoms with Crippen molar-refractivity contribution in [2.75, 3.05) is 0 Å². The second-order valence-electron chi connectivity index (χ2n) is 3.94. The third-order valence-corrected chi connectivity index (χ3v) is 2.05. The summed E-state index contributed by atoms with van der Waals surface area (Å²) in [6, 6.07) is 0. The minimum atomic E-state index is 0.852. The second kappa shape index (κ2) is 8.83. The van der Waals surface area contributed by atoms with Gasteiger partial charge in [0.15, 0.2) is 0 Å². The standard InChI is InChI=1S/C12H24/c1-4-5-6-7-8-9-10-11-12(2)3/h8-9,12H,4-7,10-11H2,1-3H3/b9-8+. The average molecular weight is 168 g/mol. The second-order valence-corrected chi connectivity index (χ2v) is 3.94. The van der Waals surface area contributed by atoms with Gasteiger partial charge < -0.3 is 0 Å². The van der Waals surface area contributed by atoms with Gasteiger partial charge in [-0.05, 0) is 31.6 Å². The Balaban J connectivity index is 3.04. The summed E-state index contributed by atoms with van der Waals surface area (Å²) in [4.78, 5) is 0. The molecule has 0 rings (SSSR count). The van der Waals surface area contributed by atoms with E-state index in [1.54, 1.807) is 0 Å². The van der Waals surface area contributed by atoms with Crippen molar-refractivity contribution in [2.24, 2.45) is 5.92 Å². The summed E-state index contributed by atoms with van der Waals surface area (Å²) in [5, 5.41) is 0. The van der Waals surface area contributed by atoms with Crippen LogP contribution in [0.4, 0.5) is 0 Å². The lowest BCUT2D eigenvalue weighted by Gasteiger charge is -1.98. The first kappa shape index (κ1) is 11.7. The van der Waals surface area contributed by atoms with E-state index < -0.39 is 0 Å². The maximum Gasteiger partial charge on any atom is -0.0348 e. The minimum Gasteiger partial charge on any atom is -0.0885 e. The monoisotopic (exact) mass is 168 g/mol. The van der Waals surface area contributed by atoms with E-state index in [9.17, 15) is 0 Å². The molecule has 0 heteroatoms. The summed E-state index contributed by atoms with van der Waals surface area (Å²) in [5.41, 5.74) is 0. The molecule has 72 valence electrons. The SMILES string of the molecule is CCCCC/C=C/CCC(C)C. The van der Waals surface area contributed by atoms with Gasteiger partial charge in [-0.1, -0.05) is 45.8 Å². The minimum absolute atomic E-state index is 0.852. The van der Waals surface area contributed by atoms with Gasteiger partial charge in [0, 0.05) is 0 Å². The summed E-state index contributed by atoms with van der Waals surface area (Å²) < 4.78 is 0. The summed E-state index contributed by atoms with van der Waals surface area (Å²) in [5.74, 6) is 0.852. The van der Waals surface area contributed by atoms with Gasteiger partial charge in [-0.25, -0.2) is 0 Å². The average Bonchev–Trinajstić information content (AvgIpc) is 2.02. The molecular formula is C12H24. The summed E-state index contributed by atoms with van der Waals surface area (Å²) in [6.07, 6.45) is 12.7. The molecule has 12 heavy (non-hydrogen) atoms. The van der Waals surface area contributed by atoms with E-state index in [4.69, 9.17) is 0 Å². The van der Waals surface area contributed by atoms with Gasteiger partial charge >= 0.3 is 0 Å². The zero-order chi connectivity index (χ0) is 9.23. The third-order valence-electron chi connectivity index (χ3n) is 2.05. The highest BCUT2D eigenvalue weighted by Gasteiger charge is 1.89. The van der Waals surface area contributed by atoms with Crippen molar-refractivity contribution in [1.29, 1.82) is 0 Å². The highest BCUT2D eigenvalue weighted by Crippen LogP contribution is 2.05. The molecule has 0 aromatic rings. The van der Waals surface area contributed by atoms with Crippen molar-refractivity contribution in [3.63, 3.8) is 0 Å². The Morgan fingerprint density at radius 2 is 1.67 bits per heavy atom. The van der Waals surface area contributed by atoms with Gasteiger partial charge in [0.2, 0.25) is 0 Å². The lowest BCUT2D eigenvalue weighted by molar-refractivity contribution is 0.593. The van der Waals surface area contributed by atoms with Crippen LogP contribution in [0, 0.1) is 5.92 Å². The van der Waals surface area contributed by atoms with E-state index in [0.29, 0.717) is 0 Å². The van der Waals surface area contributed by atoms with E-state index in [0.717, 1.165) is 5.92 Å². The molecule has 0 aliphatic carbocycles. The first-order chi connectivity index (χ1) is 5.77. The molecule has 0 spiro atoms. The number of allylic oxidation sites excluding steroid dienone is 2. The predicted octanol–water partition coefficient (Wildman–Crippen LogP) is 4.56. The maximum atomic E-state index is 2.35. The van der Waals surface area contributed by atoms with Crippen LogP contribution in [-0.2, 0) is 0 Å². The molecule has 0 N–H and O–H groups in total. The zero-order valence-corrected chi connectivity index (χ0v) is 8.97. The van der Waals surface area contributed by atoms with Gasteiger partial charge in [-0.3, -0.25) is 0 Å². The molecule has 0 heterocycles. The van der Waals surface area contributed by atoms with Crippen LogP contribution in [0.25, 0.3) is 0 Å². The van der Waals surface area contributed by atoms with Gasteiger partial charge in [-0.15, -0.1) is 0 Å². The van der Waals surface area contributed by atoms with E-state index in [1.807, 2.05) is 0 Å². The topological polar surface area (TPSA) is 0 Å². The first-order valence-electron chi connectivity index (χ1n) is 5.42. The lowest BCUT2D eigenvalue weighted by atomic mass is 10.1. The zero-order valence-electron chi connectivity index (χ0n) is 8.97. The first-order valence-corrected chi connectivity index (χ1v) is 5.42. The van der Waals surface area contributed by atoms with E-state index in [-0.39, 0.29) is 0 Å². The van der Waals surface area contributed by atoms with Crippen molar-refractivity contribution in [2.45, 2.75) is 59.3 Å². The van der Waals surface area contributed by atoms with Crippen LogP contribution in [0.5, 0.6) is 0 Å². The van der Waals surface area contributed by atoms with Gasteiger partial charge in [0.25, 0.3) is 0 Å². The van der Waals surface area contributed by atoms with Crippen molar-refractivity contribution < 1.29 is 0 Å². The van der Waals surface area contributed by atoms with Crippen LogP contribution in [0.2, 0.25) is 0 Å². The van der Waals surface area contributed by atoms with E-state index in [1.165, 1.54) is 38.5 Å². The van der Waals surface area contributed by atoms with E-state index >= 15 is 0 Å². The fourth-order valence-corrected chi connectivity index (χ4v) is 1.18. The summed E-state index contributed by atoms with van der Waals surface area (Å²) in [7, 11) is 0. The van der Waals surface area contributed by atoms with Crippen LogP contribution in [0.15, 0.2) is 12.2 Å². The number of rotatable bonds is 7. The fourth-order valence-electron chi connectivity index (χ4n) is 1.18.